The van der Waals surface area contributed by atoms with Gasteiger partial charge in [-0.3, -0.25) is 0 Å². The quantitative estimate of drug-likeness (QED) is 0.890. The summed E-state index contributed by atoms with van der Waals surface area (Å²) < 4.78 is 6.77. The summed E-state index contributed by atoms with van der Waals surface area (Å²) in [6, 6.07) is 1.97. The van der Waals surface area contributed by atoms with Crippen molar-refractivity contribution in [2.45, 2.75) is 20.8 Å². The smallest absolute Gasteiger partial charge is 0.409 e. The lowest BCUT2D eigenvalue weighted by molar-refractivity contribution is 0.105. The van der Waals surface area contributed by atoms with Gasteiger partial charge in [0.2, 0.25) is 0 Å². The van der Waals surface area contributed by atoms with Gasteiger partial charge in [-0.2, -0.15) is 5.10 Å². The Kier molecular flexibility index (Phi) is 4.73. The van der Waals surface area contributed by atoms with Crippen LogP contribution in [-0.4, -0.2) is 63.5 Å². The number of carbonyl (C=O) groups excluding carboxylic acids is 1. The molecule has 134 valence electrons. The lowest BCUT2D eigenvalue weighted by Gasteiger charge is -2.35. The number of nitrogens with zero attached hydrogens (tertiary/aromatic N) is 6. The lowest BCUT2D eigenvalue weighted by Crippen LogP contribution is -2.49. The van der Waals surface area contributed by atoms with E-state index in [1.807, 2.05) is 19.9 Å². The highest BCUT2D eigenvalue weighted by Gasteiger charge is 2.25. The van der Waals surface area contributed by atoms with Gasteiger partial charge >= 0.3 is 6.09 Å². The maximum atomic E-state index is 11.8. The number of ether oxygens (including phenoxy) is 1. The lowest BCUT2D eigenvalue weighted by atomic mass is 10.3. The van der Waals surface area contributed by atoms with Crippen LogP contribution in [0.15, 0.2) is 12.4 Å². The van der Waals surface area contributed by atoms with Gasteiger partial charge in [-0.1, -0.05) is 0 Å². The van der Waals surface area contributed by atoms with Crippen LogP contribution in [0.2, 0.25) is 0 Å². The number of piperazine rings is 1. The zero-order chi connectivity index (χ0) is 18.0. The van der Waals surface area contributed by atoms with E-state index in [9.17, 15) is 4.79 Å². The number of hydrogen-bond acceptors (Lipinski definition) is 7. The summed E-state index contributed by atoms with van der Waals surface area (Å²) in [7, 11) is 0. The van der Waals surface area contributed by atoms with E-state index in [0.29, 0.717) is 50.1 Å². The molecule has 2 aromatic rings. The highest BCUT2D eigenvalue weighted by molar-refractivity contribution is 5.71. The molecule has 0 radical (unpaired) electrons. The number of carbonyl (C=O) groups is 1. The van der Waals surface area contributed by atoms with Crippen LogP contribution in [0, 0.1) is 13.8 Å². The number of nitrogens with two attached hydrogens (primary N) is 1. The second-order valence-electron chi connectivity index (χ2n) is 5.95. The predicted molar refractivity (Wildman–Crippen MR) is 93.8 cm³/mol. The Labute approximate surface area is 146 Å². The van der Waals surface area contributed by atoms with E-state index < -0.39 is 0 Å². The Morgan fingerprint density at radius 1 is 1.20 bits per heavy atom. The summed E-state index contributed by atoms with van der Waals surface area (Å²) in [6.07, 6.45) is 1.22. The van der Waals surface area contributed by atoms with Gasteiger partial charge in [0.1, 0.15) is 12.0 Å². The molecule has 9 nitrogen and oxygen atoms in total. The Balaban J connectivity index is 1.79. The molecule has 3 heterocycles. The highest BCUT2D eigenvalue weighted by Crippen LogP contribution is 2.26. The minimum Gasteiger partial charge on any atom is -0.450 e. The van der Waals surface area contributed by atoms with E-state index in [2.05, 4.69) is 20.0 Å². The molecule has 1 fully saturated rings. The van der Waals surface area contributed by atoms with Crippen molar-refractivity contribution in [1.29, 1.82) is 0 Å². The zero-order valence-corrected chi connectivity index (χ0v) is 14.8. The third-order valence-corrected chi connectivity index (χ3v) is 4.16. The van der Waals surface area contributed by atoms with Crippen molar-refractivity contribution in [2.24, 2.45) is 0 Å². The minimum absolute atomic E-state index is 0.277. The van der Waals surface area contributed by atoms with Crippen molar-refractivity contribution in [3.05, 3.63) is 23.8 Å². The molecule has 1 aliphatic rings. The topological polar surface area (TPSA) is 102 Å². The van der Waals surface area contributed by atoms with Gasteiger partial charge in [-0.25, -0.2) is 19.4 Å². The normalized spacial score (nSPS) is 14.7. The van der Waals surface area contributed by atoms with Crippen LogP contribution in [0.4, 0.5) is 16.3 Å². The number of rotatable bonds is 3. The van der Waals surface area contributed by atoms with Crippen LogP contribution in [0.1, 0.15) is 18.3 Å². The molecule has 2 aromatic heterocycles. The molecule has 25 heavy (non-hydrogen) atoms. The van der Waals surface area contributed by atoms with Crippen molar-refractivity contribution < 1.29 is 9.53 Å². The number of aryl methyl sites for hydroxylation is 2. The van der Waals surface area contributed by atoms with E-state index in [1.165, 1.54) is 6.33 Å². The summed E-state index contributed by atoms with van der Waals surface area (Å²) in [5.74, 6) is 1.24. The standard InChI is InChI=1S/C16H23N7O2/c1-4-25-16(24)22-7-5-21(6-8-22)14-13(17)15(19-10-18-14)23-12(3)9-11(2)20-23/h9-10H,4-8,17H2,1-3H3. The molecular formula is C16H23N7O2. The molecule has 3 rings (SSSR count). The number of aromatic nitrogens is 4. The molecule has 0 spiro atoms. The van der Waals surface area contributed by atoms with E-state index in [4.69, 9.17) is 10.5 Å². The van der Waals surface area contributed by atoms with Crippen LogP contribution in [0.5, 0.6) is 0 Å². The summed E-state index contributed by atoms with van der Waals surface area (Å²) in [5.41, 5.74) is 8.68. The van der Waals surface area contributed by atoms with E-state index >= 15 is 0 Å². The summed E-state index contributed by atoms with van der Waals surface area (Å²) in [4.78, 5) is 24.2. The molecule has 0 aromatic carbocycles. The Morgan fingerprint density at radius 2 is 1.88 bits per heavy atom. The van der Waals surface area contributed by atoms with Crippen LogP contribution in [-0.2, 0) is 4.74 Å². The average Bonchev–Trinajstić information content (AvgIpc) is 2.94. The van der Waals surface area contributed by atoms with Crippen molar-refractivity contribution in [3.63, 3.8) is 0 Å². The summed E-state index contributed by atoms with van der Waals surface area (Å²) >= 11 is 0. The minimum atomic E-state index is -0.277. The molecule has 1 saturated heterocycles. The van der Waals surface area contributed by atoms with Gasteiger partial charge in [0.25, 0.3) is 0 Å². The van der Waals surface area contributed by atoms with E-state index in [-0.39, 0.29) is 6.09 Å². The zero-order valence-electron chi connectivity index (χ0n) is 14.8. The maximum absolute atomic E-state index is 11.8. The van der Waals surface area contributed by atoms with Crippen LogP contribution in [0.25, 0.3) is 5.82 Å². The molecule has 9 heteroatoms. The number of nitrogen functional groups attached to an aromatic ring is 1. The van der Waals surface area contributed by atoms with Crippen molar-refractivity contribution >= 4 is 17.6 Å². The van der Waals surface area contributed by atoms with Crippen molar-refractivity contribution in [1.82, 2.24) is 24.6 Å². The Bertz CT molecular complexity index is 766. The molecule has 0 saturated carbocycles. The van der Waals surface area contributed by atoms with E-state index in [1.54, 1.807) is 16.5 Å². The Hall–Kier alpha value is -2.84. The Morgan fingerprint density at radius 3 is 2.48 bits per heavy atom. The number of amides is 1. The van der Waals surface area contributed by atoms with Crippen LogP contribution < -0.4 is 10.6 Å². The molecule has 0 aliphatic carbocycles. The first kappa shape index (κ1) is 17.0. The second kappa shape index (κ2) is 6.96. The predicted octanol–water partition coefficient (Wildman–Crippen LogP) is 1.14. The fourth-order valence-corrected chi connectivity index (χ4v) is 2.96. The van der Waals surface area contributed by atoms with Crippen molar-refractivity contribution in [3.8, 4) is 5.82 Å². The largest absolute Gasteiger partial charge is 0.450 e. The van der Waals surface area contributed by atoms with Crippen LogP contribution >= 0.6 is 0 Å². The van der Waals surface area contributed by atoms with E-state index in [0.717, 1.165) is 11.4 Å². The third kappa shape index (κ3) is 3.35. The fourth-order valence-electron chi connectivity index (χ4n) is 2.96. The number of hydrogen-bond donors (Lipinski definition) is 1. The average molecular weight is 345 g/mol. The molecule has 0 unspecified atom stereocenters. The monoisotopic (exact) mass is 345 g/mol. The third-order valence-electron chi connectivity index (χ3n) is 4.16. The first-order valence-electron chi connectivity index (χ1n) is 8.32. The van der Waals surface area contributed by atoms with Gasteiger partial charge in [0.05, 0.1) is 12.3 Å². The molecule has 0 bridgehead atoms. The summed E-state index contributed by atoms with van der Waals surface area (Å²) in [5, 5.41) is 4.44. The van der Waals surface area contributed by atoms with Gasteiger partial charge in [0, 0.05) is 31.9 Å². The molecule has 1 amide bonds. The van der Waals surface area contributed by atoms with Crippen LogP contribution in [0.3, 0.4) is 0 Å². The highest BCUT2D eigenvalue weighted by atomic mass is 16.6. The van der Waals surface area contributed by atoms with Gasteiger partial charge in [0.15, 0.2) is 11.6 Å². The van der Waals surface area contributed by atoms with Gasteiger partial charge < -0.3 is 20.3 Å². The second-order valence-corrected chi connectivity index (χ2v) is 5.95. The SMILES string of the molecule is CCOC(=O)N1CCN(c2ncnc(-n3nc(C)cc3C)c2N)CC1. The van der Waals surface area contributed by atoms with Gasteiger partial charge in [-0.05, 0) is 26.8 Å². The molecule has 0 atom stereocenters. The molecule has 1 aliphatic heterocycles. The molecule has 2 N–H and O–H groups in total. The molecular weight excluding hydrogens is 322 g/mol. The van der Waals surface area contributed by atoms with Crippen molar-refractivity contribution in [2.75, 3.05) is 43.4 Å². The first-order valence-corrected chi connectivity index (χ1v) is 8.32. The summed E-state index contributed by atoms with van der Waals surface area (Å²) in [6.45, 7) is 8.47. The fraction of sp³-hybridized carbons (Fsp3) is 0.500. The first-order chi connectivity index (χ1) is 12.0. The maximum Gasteiger partial charge on any atom is 0.409 e. The van der Waals surface area contributed by atoms with Gasteiger partial charge in [-0.15, -0.1) is 0 Å². The number of anilines is 2.